The summed E-state index contributed by atoms with van der Waals surface area (Å²) >= 11 is 6.21. The lowest BCUT2D eigenvalue weighted by Gasteiger charge is -2.31. The number of fused-ring (bicyclic) bond motifs is 2. The highest BCUT2D eigenvalue weighted by Gasteiger charge is 2.30. The third-order valence-corrected chi connectivity index (χ3v) is 7.11. The van der Waals surface area contributed by atoms with Crippen LogP contribution in [0.15, 0.2) is 70.5 Å². The van der Waals surface area contributed by atoms with Crippen molar-refractivity contribution in [3.8, 4) is 11.1 Å². The van der Waals surface area contributed by atoms with Gasteiger partial charge in [0.1, 0.15) is 11.2 Å². The van der Waals surface area contributed by atoms with Crippen molar-refractivity contribution in [3.63, 3.8) is 0 Å². The normalized spacial score (nSPS) is 15.3. The Hall–Kier alpha value is -3.71. The number of nitrogens with zero attached hydrogens (tertiary/aromatic N) is 4. The van der Waals surface area contributed by atoms with E-state index < -0.39 is 0 Å². The van der Waals surface area contributed by atoms with Crippen LogP contribution in [0.3, 0.4) is 0 Å². The number of hydrogen-bond acceptors (Lipinski definition) is 4. The number of hydrogen-bond donors (Lipinski definition) is 0. The second-order valence-electron chi connectivity index (χ2n) is 9.28. The van der Waals surface area contributed by atoms with Crippen LogP contribution < -0.4 is 11.1 Å². The Balaban J connectivity index is 1.40. The average molecular weight is 487 g/mol. The van der Waals surface area contributed by atoms with Crippen LogP contribution in [0.5, 0.6) is 0 Å². The Morgan fingerprint density at radius 1 is 1.06 bits per heavy atom. The van der Waals surface area contributed by atoms with Crippen molar-refractivity contribution in [2.45, 2.75) is 32.4 Å². The Morgan fingerprint density at radius 2 is 1.91 bits per heavy atom. The smallest absolute Gasteiger partial charge is 0.270 e. The van der Waals surface area contributed by atoms with E-state index in [0.29, 0.717) is 48.2 Å². The van der Waals surface area contributed by atoms with Crippen molar-refractivity contribution in [2.24, 2.45) is 5.92 Å². The summed E-state index contributed by atoms with van der Waals surface area (Å²) in [5, 5.41) is 0.564. The van der Waals surface area contributed by atoms with Gasteiger partial charge in [0.2, 0.25) is 0 Å². The maximum atomic E-state index is 13.5. The van der Waals surface area contributed by atoms with Gasteiger partial charge in [-0.3, -0.25) is 18.8 Å². The standard InChI is InChI=1S/C27H23ClN4O3/c28-20-5-3-4-18(12-20)21-13-19-16-30(11-9-23(19)32(26(21)34)15-17-7-8-17)25(33)22-14-29-24-6-1-2-10-31(24)27(22)35/h1-6,10,12-14,17H,7-9,11,15-16H2. The fraction of sp³-hybridized carbons (Fsp3) is 0.259. The van der Waals surface area contributed by atoms with Crippen LogP contribution >= 0.6 is 11.6 Å². The quantitative estimate of drug-likeness (QED) is 0.440. The van der Waals surface area contributed by atoms with E-state index in [1.165, 1.54) is 10.6 Å². The number of carbonyl (C=O) groups excluding carboxylic acids is 1. The highest BCUT2D eigenvalue weighted by Crippen LogP contribution is 2.32. The minimum absolute atomic E-state index is 0.0188. The molecule has 1 aliphatic heterocycles. The van der Waals surface area contributed by atoms with Crippen LogP contribution in [0.2, 0.25) is 5.02 Å². The van der Waals surface area contributed by atoms with Gasteiger partial charge in [0.05, 0.1) is 0 Å². The molecule has 2 aliphatic rings. The summed E-state index contributed by atoms with van der Waals surface area (Å²) in [4.78, 5) is 45.8. The number of pyridine rings is 2. The molecule has 1 fully saturated rings. The number of rotatable bonds is 4. The summed E-state index contributed by atoms with van der Waals surface area (Å²) in [6.07, 6.45) is 5.79. The monoisotopic (exact) mass is 486 g/mol. The van der Waals surface area contributed by atoms with Crippen molar-refractivity contribution in [1.82, 2.24) is 18.9 Å². The molecule has 0 spiro atoms. The molecular weight excluding hydrogens is 464 g/mol. The molecule has 1 aromatic carbocycles. The maximum absolute atomic E-state index is 13.5. The molecule has 0 N–H and O–H groups in total. The predicted octanol–water partition coefficient (Wildman–Crippen LogP) is 3.79. The van der Waals surface area contributed by atoms with Crippen molar-refractivity contribution >= 4 is 23.2 Å². The topological polar surface area (TPSA) is 76.7 Å². The minimum atomic E-state index is -0.385. The maximum Gasteiger partial charge on any atom is 0.270 e. The molecule has 6 rings (SSSR count). The first-order valence-electron chi connectivity index (χ1n) is 11.8. The van der Waals surface area contributed by atoms with Crippen molar-refractivity contribution in [2.75, 3.05) is 6.54 Å². The first-order valence-corrected chi connectivity index (χ1v) is 12.1. The van der Waals surface area contributed by atoms with E-state index in [0.717, 1.165) is 29.7 Å². The number of halogens is 1. The van der Waals surface area contributed by atoms with E-state index >= 15 is 0 Å². The number of amides is 1. The van der Waals surface area contributed by atoms with Crippen LogP contribution in [0, 0.1) is 5.92 Å². The SMILES string of the molecule is O=C(c1cnc2ccccn2c1=O)N1CCc2c(cc(-c3cccc(Cl)c3)c(=O)n2CC2CC2)C1. The van der Waals surface area contributed by atoms with Crippen molar-refractivity contribution in [3.05, 3.63) is 103 Å². The van der Waals surface area contributed by atoms with E-state index in [4.69, 9.17) is 11.6 Å². The van der Waals surface area contributed by atoms with Crippen LogP contribution in [-0.2, 0) is 19.5 Å². The fourth-order valence-electron chi connectivity index (χ4n) is 4.85. The highest BCUT2D eigenvalue weighted by atomic mass is 35.5. The molecule has 0 bridgehead atoms. The second-order valence-corrected chi connectivity index (χ2v) is 9.72. The van der Waals surface area contributed by atoms with E-state index in [9.17, 15) is 14.4 Å². The van der Waals surface area contributed by atoms with Crippen molar-refractivity contribution in [1.29, 1.82) is 0 Å². The fourth-order valence-corrected chi connectivity index (χ4v) is 5.04. The predicted molar refractivity (Wildman–Crippen MR) is 134 cm³/mol. The lowest BCUT2D eigenvalue weighted by atomic mass is 9.98. The van der Waals surface area contributed by atoms with Gasteiger partial charge in [-0.05, 0) is 60.2 Å². The lowest BCUT2D eigenvalue weighted by molar-refractivity contribution is 0.0729. The zero-order valence-electron chi connectivity index (χ0n) is 19.0. The summed E-state index contributed by atoms with van der Waals surface area (Å²) in [7, 11) is 0. The second kappa shape index (κ2) is 8.50. The summed E-state index contributed by atoms with van der Waals surface area (Å²) in [5.74, 6) is 0.172. The summed E-state index contributed by atoms with van der Waals surface area (Å²) in [5.41, 5.74) is 3.37. The largest absolute Gasteiger partial charge is 0.334 e. The van der Waals surface area contributed by atoms with Crippen LogP contribution in [0.25, 0.3) is 16.8 Å². The molecule has 1 saturated carbocycles. The van der Waals surface area contributed by atoms with Crippen LogP contribution in [0.4, 0.5) is 0 Å². The molecule has 4 heterocycles. The van der Waals surface area contributed by atoms with Gasteiger partial charge in [-0.25, -0.2) is 4.98 Å². The Kier molecular flexibility index (Phi) is 5.29. The molecule has 0 saturated heterocycles. The van der Waals surface area contributed by atoms with Gasteiger partial charge in [-0.1, -0.05) is 29.8 Å². The zero-order chi connectivity index (χ0) is 24.1. The third kappa shape index (κ3) is 3.96. The molecule has 1 aliphatic carbocycles. The van der Waals surface area contributed by atoms with Gasteiger partial charge < -0.3 is 9.47 Å². The van der Waals surface area contributed by atoms with Gasteiger partial charge >= 0.3 is 0 Å². The molecule has 0 atom stereocenters. The van der Waals surface area contributed by atoms with Gasteiger partial charge in [0, 0.05) is 54.7 Å². The van der Waals surface area contributed by atoms with Crippen LogP contribution in [-0.4, -0.2) is 31.3 Å². The van der Waals surface area contributed by atoms with E-state index in [-0.39, 0.29) is 22.6 Å². The van der Waals surface area contributed by atoms with Gasteiger partial charge in [-0.2, -0.15) is 0 Å². The van der Waals surface area contributed by atoms with E-state index in [1.54, 1.807) is 41.4 Å². The van der Waals surface area contributed by atoms with Gasteiger partial charge in [-0.15, -0.1) is 0 Å². The summed E-state index contributed by atoms with van der Waals surface area (Å²) in [6, 6.07) is 14.4. The van der Waals surface area contributed by atoms with E-state index in [2.05, 4.69) is 4.98 Å². The Labute approximate surface area is 206 Å². The highest BCUT2D eigenvalue weighted by molar-refractivity contribution is 6.30. The first kappa shape index (κ1) is 21.8. The molecule has 8 heteroatoms. The molecular formula is C27H23ClN4O3. The van der Waals surface area contributed by atoms with Crippen LogP contribution in [0.1, 0.15) is 34.5 Å². The molecule has 7 nitrogen and oxygen atoms in total. The molecule has 176 valence electrons. The zero-order valence-corrected chi connectivity index (χ0v) is 19.7. The third-order valence-electron chi connectivity index (χ3n) is 6.87. The lowest BCUT2D eigenvalue weighted by Crippen LogP contribution is -2.41. The Morgan fingerprint density at radius 3 is 2.71 bits per heavy atom. The van der Waals surface area contributed by atoms with Gasteiger partial charge in [0.25, 0.3) is 17.0 Å². The number of aromatic nitrogens is 3. The van der Waals surface area contributed by atoms with Gasteiger partial charge in [0.15, 0.2) is 0 Å². The molecule has 3 aromatic heterocycles. The van der Waals surface area contributed by atoms with E-state index in [1.807, 2.05) is 22.8 Å². The van der Waals surface area contributed by atoms with Crippen molar-refractivity contribution < 1.29 is 4.79 Å². The Bertz CT molecular complexity index is 1600. The molecule has 0 radical (unpaired) electrons. The molecule has 35 heavy (non-hydrogen) atoms. The molecule has 0 unspecified atom stereocenters. The number of carbonyl (C=O) groups is 1. The minimum Gasteiger partial charge on any atom is -0.334 e. The summed E-state index contributed by atoms with van der Waals surface area (Å²) in [6.45, 7) is 1.45. The molecule has 4 aromatic rings. The summed E-state index contributed by atoms with van der Waals surface area (Å²) < 4.78 is 3.28. The molecule has 1 amide bonds. The first-order chi connectivity index (χ1) is 17.0. The average Bonchev–Trinajstić information content (AvgIpc) is 3.69. The number of benzene rings is 1.